The van der Waals surface area contributed by atoms with Crippen LogP contribution in [-0.4, -0.2) is 7.11 Å². The summed E-state index contributed by atoms with van der Waals surface area (Å²) < 4.78 is 5.06. The summed E-state index contributed by atoms with van der Waals surface area (Å²) in [5.41, 5.74) is 2.68. The third-order valence-corrected chi connectivity index (χ3v) is 1.84. The van der Waals surface area contributed by atoms with Crippen LogP contribution >= 0.6 is 0 Å². The number of aryl methyl sites for hydroxylation is 1. The van der Waals surface area contributed by atoms with Gasteiger partial charge in [0.05, 0.1) is 6.61 Å². The van der Waals surface area contributed by atoms with Crippen LogP contribution in [-0.2, 0) is 17.8 Å². The minimum absolute atomic E-state index is 0.720. The first-order valence-electron chi connectivity index (χ1n) is 4.43. The lowest BCUT2D eigenvalue weighted by Gasteiger charge is -2.02. The molecule has 0 bridgehead atoms. The predicted octanol–water partition coefficient (Wildman–Crippen LogP) is 2.79. The summed E-state index contributed by atoms with van der Waals surface area (Å²) in [4.78, 5) is 0. The molecule has 0 heterocycles. The van der Waals surface area contributed by atoms with Gasteiger partial charge in [-0.25, -0.2) is 0 Å². The highest BCUT2D eigenvalue weighted by atomic mass is 16.5. The average Bonchev–Trinajstić information content (AvgIpc) is 2.06. The van der Waals surface area contributed by atoms with Gasteiger partial charge in [-0.15, -0.1) is 0 Å². The lowest BCUT2D eigenvalue weighted by atomic mass is 10.1. The second-order valence-corrected chi connectivity index (χ2v) is 3.00. The van der Waals surface area contributed by atoms with Crippen LogP contribution in [0.25, 0.3) is 0 Å². The van der Waals surface area contributed by atoms with E-state index >= 15 is 0 Å². The van der Waals surface area contributed by atoms with Gasteiger partial charge >= 0.3 is 0 Å². The molecule has 1 rings (SSSR count). The first-order chi connectivity index (χ1) is 5.86. The Hall–Kier alpha value is -0.820. The fraction of sp³-hybridized carbons (Fsp3) is 0.455. The lowest BCUT2D eigenvalue weighted by molar-refractivity contribution is 0.185. The molecule has 0 fully saturated rings. The molecule has 0 radical (unpaired) electrons. The Morgan fingerprint density at radius 3 is 2.67 bits per heavy atom. The molecule has 0 aliphatic carbocycles. The Morgan fingerprint density at radius 2 is 2.00 bits per heavy atom. The van der Waals surface area contributed by atoms with Crippen molar-refractivity contribution >= 4 is 0 Å². The number of rotatable bonds is 4. The van der Waals surface area contributed by atoms with Gasteiger partial charge in [0, 0.05) is 7.11 Å². The first kappa shape index (κ1) is 9.27. The highest BCUT2D eigenvalue weighted by Gasteiger charge is 1.93. The van der Waals surface area contributed by atoms with E-state index in [-0.39, 0.29) is 0 Å². The standard InChI is InChI=1S/C11H16O/c1-3-5-10-6-4-7-11(8-10)9-12-2/h4,6-8H,3,5,9H2,1-2H3. The summed E-state index contributed by atoms with van der Waals surface area (Å²) in [5, 5.41) is 0. The van der Waals surface area contributed by atoms with Crippen molar-refractivity contribution in [3.05, 3.63) is 35.4 Å². The molecule has 0 aromatic heterocycles. The van der Waals surface area contributed by atoms with Crippen LogP contribution in [0.2, 0.25) is 0 Å². The molecule has 1 aromatic carbocycles. The van der Waals surface area contributed by atoms with Crippen molar-refractivity contribution in [2.24, 2.45) is 0 Å². The maximum Gasteiger partial charge on any atom is 0.0713 e. The van der Waals surface area contributed by atoms with Gasteiger partial charge in [-0.05, 0) is 17.5 Å². The maximum atomic E-state index is 5.06. The van der Waals surface area contributed by atoms with Gasteiger partial charge in [-0.1, -0.05) is 37.6 Å². The van der Waals surface area contributed by atoms with Gasteiger partial charge in [-0.3, -0.25) is 0 Å². The van der Waals surface area contributed by atoms with Crippen LogP contribution in [0.15, 0.2) is 24.3 Å². The van der Waals surface area contributed by atoms with Crippen molar-refractivity contribution in [3.8, 4) is 0 Å². The zero-order valence-electron chi connectivity index (χ0n) is 7.84. The minimum atomic E-state index is 0.720. The molecular formula is C11H16O. The number of hydrogen-bond acceptors (Lipinski definition) is 1. The highest BCUT2D eigenvalue weighted by molar-refractivity contribution is 5.22. The molecule has 1 aromatic rings. The van der Waals surface area contributed by atoms with Crippen LogP contribution in [0, 0.1) is 0 Å². The van der Waals surface area contributed by atoms with Crippen molar-refractivity contribution in [1.82, 2.24) is 0 Å². The normalized spacial score (nSPS) is 10.2. The Morgan fingerprint density at radius 1 is 1.25 bits per heavy atom. The van der Waals surface area contributed by atoms with Gasteiger partial charge in [-0.2, -0.15) is 0 Å². The summed E-state index contributed by atoms with van der Waals surface area (Å²) in [5.74, 6) is 0. The van der Waals surface area contributed by atoms with Crippen molar-refractivity contribution < 1.29 is 4.74 Å². The van der Waals surface area contributed by atoms with Crippen LogP contribution in [0.3, 0.4) is 0 Å². The van der Waals surface area contributed by atoms with Crippen molar-refractivity contribution in [3.63, 3.8) is 0 Å². The van der Waals surface area contributed by atoms with E-state index in [0.29, 0.717) is 0 Å². The summed E-state index contributed by atoms with van der Waals surface area (Å²) in [7, 11) is 1.73. The van der Waals surface area contributed by atoms with Crippen molar-refractivity contribution in [2.45, 2.75) is 26.4 Å². The SMILES string of the molecule is CCCc1cccc(COC)c1. The molecule has 0 aliphatic rings. The summed E-state index contributed by atoms with van der Waals surface area (Å²) in [6.45, 7) is 2.92. The summed E-state index contributed by atoms with van der Waals surface area (Å²) in [6.07, 6.45) is 2.37. The van der Waals surface area contributed by atoms with Crippen LogP contribution < -0.4 is 0 Å². The molecule has 12 heavy (non-hydrogen) atoms. The molecule has 0 atom stereocenters. The van der Waals surface area contributed by atoms with Crippen LogP contribution in [0.4, 0.5) is 0 Å². The topological polar surface area (TPSA) is 9.23 Å². The van der Waals surface area contributed by atoms with Gasteiger partial charge in [0.15, 0.2) is 0 Å². The maximum absolute atomic E-state index is 5.06. The molecular weight excluding hydrogens is 148 g/mol. The lowest BCUT2D eigenvalue weighted by Crippen LogP contribution is -1.89. The van der Waals surface area contributed by atoms with Crippen LogP contribution in [0.1, 0.15) is 24.5 Å². The number of methoxy groups -OCH3 is 1. The molecule has 0 aliphatic heterocycles. The molecule has 1 nitrogen and oxygen atoms in total. The quantitative estimate of drug-likeness (QED) is 0.665. The molecule has 0 spiro atoms. The van der Waals surface area contributed by atoms with E-state index in [0.717, 1.165) is 13.0 Å². The Kier molecular flexibility index (Phi) is 3.81. The Bertz CT molecular complexity index is 209. The highest BCUT2D eigenvalue weighted by Crippen LogP contribution is 2.07. The summed E-state index contributed by atoms with van der Waals surface area (Å²) >= 11 is 0. The predicted molar refractivity (Wildman–Crippen MR) is 51.2 cm³/mol. The number of hydrogen-bond donors (Lipinski definition) is 0. The van der Waals surface area contributed by atoms with Gasteiger partial charge in [0.2, 0.25) is 0 Å². The Labute approximate surface area is 74.4 Å². The largest absolute Gasteiger partial charge is 0.380 e. The second kappa shape index (κ2) is 4.94. The van der Waals surface area contributed by atoms with E-state index in [1.54, 1.807) is 7.11 Å². The van der Waals surface area contributed by atoms with E-state index in [4.69, 9.17) is 4.74 Å². The third kappa shape index (κ3) is 2.67. The van der Waals surface area contributed by atoms with Gasteiger partial charge in [0.25, 0.3) is 0 Å². The zero-order valence-corrected chi connectivity index (χ0v) is 7.84. The summed E-state index contributed by atoms with van der Waals surface area (Å²) in [6, 6.07) is 8.58. The fourth-order valence-corrected chi connectivity index (χ4v) is 1.33. The molecule has 0 amide bonds. The first-order valence-corrected chi connectivity index (χ1v) is 4.43. The van der Waals surface area contributed by atoms with E-state index in [1.165, 1.54) is 17.5 Å². The van der Waals surface area contributed by atoms with Crippen molar-refractivity contribution in [2.75, 3.05) is 7.11 Å². The van der Waals surface area contributed by atoms with Crippen molar-refractivity contribution in [1.29, 1.82) is 0 Å². The molecule has 0 unspecified atom stereocenters. The molecule has 0 saturated carbocycles. The van der Waals surface area contributed by atoms with E-state index in [1.807, 2.05) is 0 Å². The van der Waals surface area contributed by atoms with Gasteiger partial charge < -0.3 is 4.74 Å². The fourth-order valence-electron chi connectivity index (χ4n) is 1.33. The molecule has 66 valence electrons. The monoisotopic (exact) mass is 164 g/mol. The molecule has 0 saturated heterocycles. The number of ether oxygens (including phenoxy) is 1. The molecule has 1 heteroatoms. The number of benzene rings is 1. The molecule has 0 N–H and O–H groups in total. The second-order valence-electron chi connectivity index (χ2n) is 3.00. The van der Waals surface area contributed by atoms with Crippen LogP contribution in [0.5, 0.6) is 0 Å². The Balaban J connectivity index is 2.67. The van der Waals surface area contributed by atoms with E-state index in [9.17, 15) is 0 Å². The average molecular weight is 164 g/mol. The van der Waals surface area contributed by atoms with E-state index in [2.05, 4.69) is 31.2 Å². The minimum Gasteiger partial charge on any atom is -0.380 e. The van der Waals surface area contributed by atoms with Gasteiger partial charge in [0.1, 0.15) is 0 Å². The smallest absolute Gasteiger partial charge is 0.0713 e. The zero-order chi connectivity index (χ0) is 8.81. The van der Waals surface area contributed by atoms with E-state index < -0.39 is 0 Å². The third-order valence-electron chi connectivity index (χ3n) is 1.84.